The van der Waals surface area contributed by atoms with E-state index in [1.54, 1.807) is 12.5 Å². The Morgan fingerprint density at radius 2 is 1.89 bits per heavy atom. The third-order valence-corrected chi connectivity index (χ3v) is 4.52. The maximum absolute atomic E-state index is 12.4. The van der Waals surface area contributed by atoms with Crippen LogP contribution in [0.4, 0.5) is 0 Å². The molecule has 0 saturated carbocycles. The lowest BCUT2D eigenvalue weighted by molar-refractivity contribution is 0.671. The summed E-state index contributed by atoms with van der Waals surface area (Å²) in [6, 6.07) is 9.77. The van der Waals surface area contributed by atoms with Crippen LogP contribution in [0.15, 0.2) is 30.3 Å². The first-order valence-electron chi connectivity index (χ1n) is 5.70. The lowest BCUT2D eigenvalue weighted by Crippen LogP contribution is -2.20. The minimum atomic E-state index is -2.46. The highest BCUT2D eigenvalue weighted by Crippen LogP contribution is 2.26. The van der Waals surface area contributed by atoms with Gasteiger partial charge >= 0.3 is 0 Å². The Balaban J connectivity index is 2.72. The van der Waals surface area contributed by atoms with Crippen molar-refractivity contribution < 1.29 is 4.21 Å². The van der Waals surface area contributed by atoms with Crippen molar-refractivity contribution in [3.05, 3.63) is 41.7 Å². The zero-order valence-corrected chi connectivity index (χ0v) is 12.4. The summed E-state index contributed by atoms with van der Waals surface area (Å²) in [5.74, 6) is 1.07. The highest BCUT2D eigenvalue weighted by Gasteiger charge is 2.19. The van der Waals surface area contributed by atoms with Gasteiger partial charge in [0.2, 0.25) is 0 Å². The molecular formula is C13H17ClN2OS. The van der Waals surface area contributed by atoms with Gasteiger partial charge in [0.05, 0.1) is 17.3 Å². The summed E-state index contributed by atoms with van der Waals surface area (Å²) in [5.41, 5.74) is 2.64. The minimum absolute atomic E-state index is 0.332. The molecule has 0 bridgehead atoms. The summed E-state index contributed by atoms with van der Waals surface area (Å²) in [5, 5.41) is 0. The molecular weight excluding hydrogens is 268 g/mol. The number of halogens is 1. The summed E-state index contributed by atoms with van der Waals surface area (Å²) in [4.78, 5) is 4.52. The van der Waals surface area contributed by atoms with Crippen LogP contribution in [0.5, 0.6) is 0 Å². The number of alkyl halides is 1. The fourth-order valence-electron chi connectivity index (χ4n) is 2.03. The molecule has 0 atom stereocenters. The fourth-order valence-corrected chi connectivity index (χ4v) is 3.73. The van der Waals surface area contributed by atoms with Crippen LogP contribution in [0.25, 0.3) is 11.4 Å². The first kappa shape index (κ1) is 13.3. The monoisotopic (exact) mass is 284 g/mol. The maximum atomic E-state index is 12.4. The van der Waals surface area contributed by atoms with E-state index in [0.717, 1.165) is 22.8 Å². The molecule has 1 aromatic carbocycles. The van der Waals surface area contributed by atoms with E-state index in [-0.39, 0.29) is 0 Å². The van der Waals surface area contributed by atoms with Gasteiger partial charge in [0.1, 0.15) is 0 Å². The summed E-state index contributed by atoms with van der Waals surface area (Å²) >= 11 is 5.89. The van der Waals surface area contributed by atoms with Crippen LogP contribution in [-0.4, -0.2) is 25.7 Å². The molecule has 0 amide bonds. The smallest absolute Gasteiger partial charge is 0.150 e. The van der Waals surface area contributed by atoms with Crippen molar-refractivity contribution in [2.45, 2.75) is 12.8 Å². The molecule has 0 aliphatic carbocycles. The number of nitrogens with zero attached hydrogens (tertiary/aromatic N) is 2. The Morgan fingerprint density at radius 3 is 2.39 bits per heavy atom. The van der Waals surface area contributed by atoms with E-state index in [2.05, 4.69) is 4.98 Å². The van der Waals surface area contributed by atoms with Crippen LogP contribution in [-0.2, 0) is 16.0 Å². The Hall–Kier alpha value is -1.13. The zero-order valence-electron chi connectivity index (χ0n) is 10.7. The molecule has 98 valence electrons. The molecule has 2 aromatic rings. The van der Waals surface area contributed by atoms with Gasteiger partial charge in [-0.1, -0.05) is 30.3 Å². The van der Waals surface area contributed by atoms with Gasteiger partial charge in [0.25, 0.3) is 0 Å². The Labute approximate surface area is 113 Å². The Morgan fingerprint density at radius 1 is 1.28 bits per heavy atom. The molecule has 1 heterocycles. The number of thiol groups is 1. The van der Waals surface area contributed by atoms with Crippen molar-refractivity contribution >= 4 is 21.7 Å². The first-order chi connectivity index (χ1) is 8.45. The molecule has 0 N–H and O–H groups in total. The third-order valence-electron chi connectivity index (χ3n) is 2.82. The molecule has 5 heteroatoms. The van der Waals surface area contributed by atoms with E-state index in [4.69, 9.17) is 11.6 Å². The quantitative estimate of drug-likeness (QED) is 0.695. The molecule has 3 nitrogen and oxygen atoms in total. The molecule has 0 saturated heterocycles. The molecule has 18 heavy (non-hydrogen) atoms. The Bertz CT molecular complexity index is 601. The predicted octanol–water partition coefficient (Wildman–Crippen LogP) is 2.64. The number of imidazole rings is 1. The van der Waals surface area contributed by atoms with Crippen LogP contribution < -0.4 is 0 Å². The second-order valence-corrected chi connectivity index (χ2v) is 7.83. The topological polar surface area (TPSA) is 34.9 Å². The van der Waals surface area contributed by atoms with Gasteiger partial charge in [-0.05, 0) is 17.0 Å². The van der Waals surface area contributed by atoms with Crippen molar-refractivity contribution in [2.75, 3.05) is 12.5 Å². The van der Waals surface area contributed by atoms with Crippen molar-refractivity contribution in [3.8, 4) is 11.4 Å². The standard InChI is InChI=1S/C13H17ClN2OS/c1-10-12(9-14)15-13(16(10)18(2,3)17)11-7-5-4-6-8-11/h4-8,18H,9H2,1-3H3. The molecule has 1 aromatic heterocycles. The lowest BCUT2D eigenvalue weighted by Gasteiger charge is -2.19. The summed E-state index contributed by atoms with van der Waals surface area (Å²) in [6.07, 6.45) is 3.48. The molecule has 0 radical (unpaired) electrons. The highest BCUT2D eigenvalue weighted by atomic mass is 35.5. The molecule has 0 aliphatic rings. The van der Waals surface area contributed by atoms with Crippen LogP contribution in [0.2, 0.25) is 0 Å². The predicted molar refractivity (Wildman–Crippen MR) is 78.7 cm³/mol. The second kappa shape index (κ2) is 4.86. The molecule has 0 fully saturated rings. The van der Waals surface area contributed by atoms with E-state index < -0.39 is 10.1 Å². The average molecular weight is 285 g/mol. The van der Waals surface area contributed by atoms with Gasteiger partial charge in [-0.2, -0.15) is 0 Å². The first-order valence-corrected chi connectivity index (χ1v) is 8.79. The molecule has 0 spiro atoms. The zero-order chi connectivity index (χ0) is 13.3. The molecule has 2 rings (SSSR count). The van der Waals surface area contributed by atoms with Gasteiger partial charge in [-0.3, -0.25) is 8.18 Å². The number of hydrogen-bond donors (Lipinski definition) is 1. The van der Waals surface area contributed by atoms with Crippen molar-refractivity contribution in [2.24, 2.45) is 0 Å². The van der Waals surface area contributed by atoms with Crippen LogP contribution >= 0.6 is 11.6 Å². The van der Waals surface area contributed by atoms with E-state index >= 15 is 0 Å². The van der Waals surface area contributed by atoms with Gasteiger partial charge in [-0.25, -0.2) is 4.98 Å². The van der Waals surface area contributed by atoms with Crippen molar-refractivity contribution in [1.82, 2.24) is 8.96 Å². The fraction of sp³-hybridized carbons (Fsp3) is 0.308. The van der Waals surface area contributed by atoms with E-state index in [9.17, 15) is 4.21 Å². The van der Waals surface area contributed by atoms with Gasteiger partial charge in [-0.15, -0.1) is 11.6 Å². The lowest BCUT2D eigenvalue weighted by atomic mass is 10.2. The van der Waals surface area contributed by atoms with Crippen LogP contribution in [0.1, 0.15) is 11.4 Å². The second-order valence-electron chi connectivity index (χ2n) is 4.57. The number of aromatic nitrogens is 2. The Kier molecular flexibility index (Phi) is 3.59. The third kappa shape index (κ3) is 2.35. The van der Waals surface area contributed by atoms with Crippen molar-refractivity contribution in [1.29, 1.82) is 0 Å². The maximum Gasteiger partial charge on any atom is 0.150 e. The summed E-state index contributed by atoms with van der Waals surface area (Å²) in [6.45, 7) is 1.91. The van der Waals surface area contributed by atoms with Gasteiger partial charge in [0.15, 0.2) is 5.82 Å². The molecule has 0 unspecified atom stereocenters. The SMILES string of the molecule is Cc1c(CCl)nc(-c2ccccc2)n1[SH](C)(C)=O. The summed E-state index contributed by atoms with van der Waals surface area (Å²) in [7, 11) is -2.46. The van der Waals surface area contributed by atoms with Crippen molar-refractivity contribution in [3.63, 3.8) is 0 Å². The van der Waals surface area contributed by atoms with Crippen LogP contribution in [0.3, 0.4) is 0 Å². The van der Waals surface area contributed by atoms with E-state index in [0.29, 0.717) is 5.88 Å². The van der Waals surface area contributed by atoms with E-state index in [1.807, 2.05) is 41.2 Å². The largest absolute Gasteiger partial charge is 0.267 e. The number of hydrogen-bond acceptors (Lipinski definition) is 2. The number of rotatable bonds is 3. The molecule has 0 aliphatic heterocycles. The highest BCUT2D eigenvalue weighted by molar-refractivity contribution is 8.00. The normalized spacial score (nSPS) is 12.7. The minimum Gasteiger partial charge on any atom is -0.267 e. The van der Waals surface area contributed by atoms with E-state index in [1.165, 1.54) is 0 Å². The summed E-state index contributed by atoms with van der Waals surface area (Å²) < 4.78 is 14.3. The number of benzene rings is 1. The van der Waals surface area contributed by atoms with Gasteiger partial charge in [0, 0.05) is 18.1 Å². The van der Waals surface area contributed by atoms with Crippen LogP contribution in [0, 0.1) is 6.92 Å². The van der Waals surface area contributed by atoms with Gasteiger partial charge < -0.3 is 0 Å². The average Bonchev–Trinajstić information content (AvgIpc) is 2.67.